The molecule has 1 N–H and O–H groups in total. The second-order valence-electron chi connectivity index (χ2n) is 6.73. The van der Waals surface area contributed by atoms with Gasteiger partial charge in [0.1, 0.15) is 17.0 Å². The van der Waals surface area contributed by atoms with Crippen molar-refractivity contribution in [2.24, 2.45) is 0 Å². The van der Waals surface area contributed by atoms with E-state index in [4.69, 9.17) is 0 Å². The molecule has 4 rings (SSSR count). The van der Waals surface area contributed by atoms with Crippen molar-refractivity contribution >= 4 is 33.1 Å². The minimum absolute atomic E-state index is 0.148. The molecule has 4 aromatic rings. The molecule has 29 heavy (non-hydrogen) atoms. The number of hydrogen-bond donors (Lipinski definition) is 1. The number of non-ortho nitro benzene ring substituents is 1. The Morgan fingerprint density at radius 1 is 1.03 bits per heavy atom. The van der Waals surface area contributed by atoms with Gasteiger partial charge in [-0.05, 0) is 30.4 Å². The number of aryl methyl sites for hydroxylation is 1. The topological polar surface area (TPSA) is 81.0 Å². The van der Waals surface area contributed by atoms with Crippen molar-refractivity contribution in [1.82, 2.24) is 9.97 Å². The molecule has 7 heteroatoms. The van der Waals surface area contributed by atoms with Gasteiger partial charge in [-0.25, -0.2) is 9.97 Å². The quantitative estimate of drug-likeness (QED) is 0.231. The SMILES string of the molecule is O=[N+]([O-])c1cccc(CCCCNc2ncnc3scc(-c4ccccc4)c23)c1. The molecule has 2 aromatic carbocycles. The van der Waals surface area contributed by atoms with E-state index in [0.29, 0.717) is 0 Å². The fourth-order valence-corrected chi connectivity index (χ4v) is 4.24. The highest BCUT2D eigenvalue weighted by molar-refractivity contribution is 7.17. The van der Waals surface area contributed by atoms with E-state index >= 15 is 0 Å². The molecule has 0 aliphatic carbocycles. The van der Waals surface area contributed by atoms with Crippen LogP contribution in [0.4, 0.5) is 11.5 Å². The molecule has 0 saturated heterocycles. The molecule has 6 nitrogen and oxygen atoms in total. The fraction of sp³-hybridized carbons (Fsp3) is 0.182. The molecule has 0 fully saturated rings. The van der Waals surface area contributed by atoms with Crippen LogP contribution in [-0.2, 0) is 6.42 Å². The number of hydrogen-bond acceptors (Lipinski definition) is 6. The Bertz CT molecular complexity index is 1130. The van der Waals surface area contributed by atoms with E-state index in [1.54, 1.807) is 29.8 Å². The maximum absolute atomic E-state index is 10.9. The standard InChI is InChI=1S/C22H20N4O2S/c27-26(28)18-11-6-8-16(13-18)7-4-5-12-23-21-20-19(17-9-2-1-3-10-17)14-29-22(20)25-15-24-21/h1-3,6,8-11,13-15H,4-5,7,12H2,(H,23,24,25). The van der Waals surface area contributed by atoms with Crippen molar-refractivity contribution in [3.63, 3.8) is 0 Å². The first-order valence-corrected chi connectivity index (χ1v) is 10.3. The van der Waals surface area contributed by atoms with Crippen LogP contribution in [0.1, 0.15) is 18.4 Å². The summed E-state index contributed by atoms with van der Waals surface area (Å²) in [5.74, 6) is 0.852. The van der Waals surface area contributed by atoms with Gasteiger partial charge in [0.25, 0.3) is 5.69 Å². The van der Waals surface area contributed by atoms with Crippen molar-refractivity contribution in [2.75, 3.05) is 11.9 Å². The molecule has 0 spiro atoms. The van der Waals surface area contributed by atoms with Crippen molar-refractivity contribution in [2.45, 2.75) is 19.3 Å². The number of nitro benzene ring substituents is 1. The predicted molar refractivity (Wildman–Crippen MR) is 117 cm³/mol. The number of thiophene rings is 1. The zero-order valence-electron chi connectivity index (χ0n) is 15.7. The second-order valence-corrected chi connectivity index (χ2v) is 7.59. The first-order chi connectivity index (χ1) is 14.2. The van der Waals surface area contributed by atoms with Gasteiger partial charge in [-0.15, -0.1) is 11.3 Å². The van der Waals surface area contributed by atoms with E-state index in [0.717, 1.165) is 58.5 Å². The molecule has 2 heterocycles. The lowest BCUT2D eigenvalue weighted by molar-refractivity contribution is -0.384. The largest absolute Gasteiger partial charge is 0.369 e. The van der Waals surface area contributed by atoms with Gasteiger partial charge in [0.2, 0.25) is 0 Å². The highest BCUT2D eigenvalue weighted by Crippen LogP contribution is 2.36. The summed E-state index contributed by atoms with van der Waals surface area (Å²) in [6.45, 7) is 0.783. The summed E-state index contributed by atoms with van der Waals surface area (Å²) in [5, 5.41) is 17.5. The number of unbranched alkanes of at least 4 members (excludes halogenated alkanes) is 1. The normalized spacial score (nSPS) is 10.9. The van der Waals surface area contributed by atoms with Crippen molar-refractivity contribution in [3.05, 3.63) is 82.0 Å². The van der Waals surface area contributed by atoms with Crippen LogP contribution in [0.3, 0.4) is 0 Å². The van der Waals surface area contributed by atoms with Gasteiger partial charge >= 0.3 is 0 Å². The third-order valence-electron chi connectivity index (χ3n) is 4.76. The van der Waals surface area contributed by atoms with E-state index in [-0.39, 0.29) is 10.6 Å². The first kappa shape index (κ1) is 19.0. The monoisotopic (exact) mass is 404 g/mol. The first-order valence-electron chi connectivity index (χ1n) is 9.47. The summed E-state index contributed by atoms with van der Waals surface area (Å²) in [6.07, 6.45) is 4.30. The highest BCUT2D eigenvalue weighted by Gasteiger charge is 2.12. The maximum atomic E-state index is 10.9. The summed E-state index contributed by atoms with van der Waals surface area (Å²) in [7, 11) is 0. The molecule has 0 aliphatic heterocycles. The number of nitro groups is 1. The zero-order chi connectivity index (χ0) is 20.1. The summed E-state index contributed by atoms with van der Waals surface area (Å²) in [5.41, 5.74) is 3.44. The minimum atomic E-state index is -0.351. The molecule has 0 radical (unpaired) electrons. The second kappa shape index (κ2) is 8.79. The number of fused-ring (bicyclic) bond motifs is 1. The van der Waals surface area contributed by atoms with Crippen LogP contribution in [0.2, 0.25) is 0 Å². The van der Waals surface area contributed by atoms with Gasteiger partial charge in [-0.2, -0.15) is 0 Å². The van der Waals surface area contributed by atoms with Crippen LogP contribution in [0.15, 0.2) is 66.3 Å². The zero-order valence-corrected chi connectivity index (χ0v) is 16.6. The number of nitrogens with zero attached hydrogens (tertiary/aromatic N) is 3. The molecule has 0 bridgehead atoms. The van der Waals surface area contributed by atoms with Crippen LogP contribution in [0.25, 0.3) is 21.3 Å². The molecular formula is C22H20N4O2S. The summed E-state index contributed by atoms with van der Waals surface area (Å²) < 4.78 is 0. The molecule has 0 saturated carbocycles. The molecule has 0 unspecified atom stereocenters. The summed E-state index contributed by atoms with van der Waals surface area (Å²) in [6, 6.07) is 17.1. The Kier molecular flexibility index (Phi) is 5.76. The third kappa shape index (κ3) is 4.41. The van der Waals surface area contributed by atoms with Crippen LogP contribution in [0.5, 0.6) is 0 Å². The van der Waals surface area contributed by atoms with E-state index in [1.165, 1.54) is 6.07 Å². The van der Waals surface area contributed by atoms with Gasteiger partial charge in [0, 0.05) is 29.6 Å². The average Bonchev–Trinajstić information content (AvgIpc) is 3.19. The lowest BCUT2D eigenvalue weighted by Crippen LogP contribution is -2.04. The Balaban J connectivity index is 1.40. The smallest absolute Gasteiger partial charge is 0.269 e. The van der Waals surface area contributed by atoms with Gasteiger partial charge < -0.3 is 5.32 Å². The lowest BCUT2D eigenvalue weighted by atomic mass is 10.1. The van der Waals surface area contributed by atoms with E-state index in [1.807, 2.05) is 24.3 Å². The van der Waals surface area contributed by atoms with Crippen LogP contribution < -0.4 is 5.32 Å². The highest BCUT2D eigenvalue weighted by atomic mass is 32.1. The van der Waals surface area contributed by atoms with Crippen LogP contribution in [-0.4, -0.2) is 21.4 Å². The molecule has 0 amide bonds. The minimum Gasteiger partial charge on any atom is -0.369 e. The average molecular weight is 404 g/mol. The molecular weight excluding hydrogens is 384 g/mol. The van der Waals surface area contributed by atoms with Crippen molar-refractivity contribution in [1.29, 1.82) is 0 Å². The molecule has 0 atom stereocenters. The van der Waals surface area contributed by atoms with E-state index in [9.17, 15) is 10.1 Å². The van der Waals surface area contributed by atoms with Crippen LogP contribution >= 0.6 is 11.3 Å². The number of benzene rings is 2. The number of rotatable bonds is 8. The summed E-state index contributed by atoms with van der Waals surface area (Å²) in [4.78, 5) is 20.4. The number of anilines is 1. The Morgan fingerprint density at radius 3 is 2.72 bits per heavy atom. The van der Waals surface area contributed by atoms with E-state index in [2.05, 4.69) is 32.8 Å². The van der Waals surface area contributed by atoms with Gasteiger partial charge in [0.05, 0.1) is 10.3 Å². The van der Waals surface area contributed by atoms with E-state index < -0.39 is 0 Å². The Labute approximate surface area is 172 Å². The summed E-state index contributed by atoms with van der Waals surface area (Å²) >= 11 is 1.62. The maximum Gasteiger partial charge on any atom is 0.269 e. The Hall–Kier alpha value is -3.32. The molecule has 146 valence electrons. The van der Waals surface area contributed by atoms with Gasteiger partial charge in [-0.3, -0.25) is 10.1 Å². The molecule has 2 aromatic heterocycles. The van der Waals surface area contributed by atoms with Gasteiger partial charge in [0.15, 0.2) is 0 Å². The number of aromatic nitrogens is 2. The lowest BCUT2D eigenvalue weighted by Gasteiger charge is -2.08. The Morgan fingerprint density at radius 2 is 1.90 bits per heavy atom. The molecule has 0 aliphatic rings. The van der Waals surface area contributed by atoms with Gasteiger partial charge in [-0.1, -0.05) is 42.5 Å². The van der Waals surface area contributed by atoms with Crippen molar-refractivity contribution < 1.29 is 4.92 Å². The third-order valence-corrected chi connectivity index (χ3v) is 5.65. The number of nitrogens with one attached hydrogen (secondary N) is 1. The predicted octanol–water partition coefficient (Wildman–Crippen LogP) is 5.70. The van der Waals surface area contributed by atoms with Crippen molar-refractivity contribution in [3.8, 4) is 11.1 Å². The van der Waals surface area contributed by atoms with Crippen LogP contribution in [0, 0.1) is 10.1 Å². The fourth-order valence-electron chi connectivity index (χ4n) is 3.33.